The van der Waals surface area contributed by atoms with Crippen molar-refractivity contribution in [1.29, 1.82) is 0 Å². The molecule has 1 aromatic rings. The summed E-state index contributed by atoms with van der Waals surface area (Å²) in [6.45, 7) is 6.45. The van der Waals surface area contributed by atoms with Crippen LogP contribution in [0, 0.1) is 0 Å². The summed E-state index contributed by atoms with van der Waals surface area (Å²) in [7, 11) is 4.05. The predicted molar refractivity (Wildman–Crippen MR) is 87.8 cm³/mol. The number of anilines is 1. The molecule has 0 aromatic heterocycles. The highest BCUT2D eigenvalue weighted by molar-refractivity contribution is 5.70. The Morgan fingerprint density at radius 3 is 2.33 bits per heavy atom. The van der Waals surface area contributed by atoms with E-state index in [1.807, 2.05) is 21.0 Å². The Labute approximate surface area is 128 Å². The third-order valence-electron chi connectivity index (χ3n) is 3.22. The molecular formula is C17H28N2O2. The molecule has 0 saturated heterocycles. The van der Waals surface area contributed by atoms with Crippen LogP contribution in [0.3, 0.4) is 0 Å². The molecule has 0 spiro atoms. The Bertz CT molecular complexity index is 427. The lowest BCUT2D eigenvalue weighted by Crippen LogP contribution is -2.38. The molecule has 4 heteroatoms. The zero-order valence-corrected chi connectivity index (χ0v) is 13.8. The Morgan fingerprint density at radius 2 is 1.86 bits per heavy atom. The van der Waals surface area contributed by atoms with Crippen molar-refractivity contribution < 1.29 is 9.53 Å². The van der Waals surface area contributed by atoms with Gasteiger partial charge >= 0.3 is 5.97 Å². The van der Waals surface area contributed by atoms with Gasteiger partial charge in [-0.3, -0.25) is 4.79 Å². The van der Waals surface area contributed by atoms with Gasteiger partial charge in [0, 0.05) is 31.9 Å². The molecule has 0 saturated carbocycles. The van der Waals surface area contributed by atoms with Gasteiger partial charge < -0.3 is 15.0 Å². The molecule has 1 rings (SSSR count). The van der Waals surface area contributed by atoms with Crippen LogP contribution in [0.1, 0.15) is 32.8 Å². The van der Waals surface area contributed by atoms with Crippen LogP contribution >= 0.6 is 0 Å². The van der Waals surface area contributed by atoms with Crippen LogP contribution < -0.4 is 10.2 Å². The monoisotopic (exact) mass is 292 g/mol. The maximum absolute atomic E-state index is 11.7. The lowest BCUT2D eigenvalue weighted by molar-refractivity contribution is -0.143. The lowest BCUT2D eigenvalue weighted by Gasteiger charge is -2.21. The quantitative estimate of drug-likeness (QED) is 0.748. The van der Waals surface area contributed by atoms with Crippen LogP contribution in [0.15, 0.2) is 24.3 Å². The number of hydrogen-bond acceptors (Lipinski definition) is 4. The van der Waals surface area contributed by atoms with E-state index in [0.717, 1.165) is 6.42 Å². The molecule has 0 amide bonds. The zero-order valence-electron chi connectivity index (χ0n) is 13.8. The molecule has 118 valence electrons. The molecule has 0 heterocycles. The lowest BCUT2D eigenvalue weighted by atomic mass is 10.0. The number of benzene rings is 1. The average molecular weight is 292 g/mol. The van der Waals surface area contributed by atoms with Crippen LogP contribution in [0.5, 0.6) is 0 Å². The summed E-state index contributed by atoms with van der Waals surface area (Å²) in [6.07, 6.45) is 1.23. The molecule has 21 heavy (non-hydrogen) atoms. The second kappa shape index (κ2) is 8.67. The van der Waals surface area contributed by atoms with Crippen molar-refractivity contribution in [2.24, 2.45) is 0 Å². The molecular weight excluding hydrogens is 264 g/mol. The summed E-state index contributed by atoms with van der Waals surface area (Å²) in [6, 6.07) is 8.89. The Hall–Kier alpha value is -1.55. The molecule has 4 nitrogen and oxygen atoms in total. The molecule has 0 aliphatic carbocycles. The fourth-order valence-electron chi connectivity index (χ4n) is 2.30. The van der Waals surface area contributed by atoms with E-state index < -0.39 is 0 Å². The second-order valence-electron chi connectivity index (χ2n) is 5.79. The number of carbonyl (C=O) groups is 1. The van der Waals surface area contributed by atoms with Gasteiger partial charge in [0.15, 0.2) is 0 Å². The third kappa shape index (κ3) is 6.63. The number of esters is 1. The summed E-state index contributed by atoms with van der Waals surface area (Å²) in [5.74, 6) is -0.138. The number of hydrogen-bond donors (Lipinski definition) is 1. The van der Waals surface area contributed by atoms with Crippen LogP contribution in [0.2, 0.25) is 0 Å². The number of rotatable bonds is 8. The minimum absolute atomic E-state index is 0.106. The number of nitrogens with zero attached hydrogens (tertiary/aromatic N) is 1. The normalized spacial score (nSPS) is 12.3. The van der Waals surface area contributed by atoms with Gasteiger partial charge in [-0.25, -0.2) is 0 Å². The predicted octanol–water partition coefficient (Wildman–Crippen LogP) is 2.61. The smallest absolute Gasteiger partial charge is 0.307 e. The van der Waals surface area contributed by atoms with Gasteiger partial charge in [-0.2, -0.15) is 0 Å². The Balaban J connectivity index is 2.68. The topological polar surface area (TPSA) is 41.6 Å². The van der Waals surface area contributed by atoms with Gasteiger partial charge in [-0.05, 0) is 31.0 Å². The first-order valence-corrected chi connectivity index (χ1v) is 7.60. The second-order valence-corrected chi connectivity index (χ2v) is 5.79. The van der Waals surface area contributed by atoms with Crippen molar-refractivity contribution in [3.63, 3.8) is 0 Å². The third-order valence-corrected chi connectivity index (χ3v) is 3.22. The summed E-state index contributed by atoms with van der Waals surface area (Å²) in [5, 5.41) is 3.44. The highest BCUT2D eigenvalue weighted by Crippen LogP contribution is 2.14. The van der Waals surface area contributed by atoms with Crippen molar-refractivity contribution in [3.05, 3.63) is 29.8 Å². The number of carbonyl (C=O) groups excluding carboxylic acids is 1. The van der Waals surface area contributed by atoms with Crippen LogP contribution in [-0.2, 0) is 16.0 Å². The van der Waals surface area contributed by atoms with Crippen molar-refractivity contribution in [3.8, 4) is 0 Å². The van der Waals surface area contributed by atoms with Crippen LogP contribution in [0.25, 0.3) is 0 Å². The van der Waals surface area contributed by atoms with E-state index >= 15 is 0 Å². The number of ether oxygens (including phenoxy) is 1. The Morgan fingerprint density at radius 1 is 1.24 bits per heavy atom. The molecule has 1 N–H and O–H groups in total. The first-order chi connectivity index (χ1) is 9.92. The average Bonchev–Trinajstić information content (AvgIpc) is 2.38. The minimum Gasteiger partial charge on any atom is -0.466 e. The fraction of sp³-hybridized carbons (Fsp3) is 0.588. The first-order valence-electron chi connectivity index (χ1n) is 7.60. The molecule has 1 atom stereocenters. The zero-order chi connectivity index (χ0) is 15.8. The largest absolute Gasteiger partial charge is 0.466 e. The van der Waals surface area contributed by atoms with Crippen molar-refractivity contribution >= 4 is 11.7 Å². The summed E-state index contributed by atoms with van der Waals surface area (Å²) >= 11 is 0. The standard InChI is InChI=1S/C17H28N2O2/c1-6-21-17(20)12-15(18-13(2)3)11-14-7-9-16(10-8-14)19(4)5/h7-10,13,15,18H,6,11-12H2,1-5H3. The maximum atomic E-state index is 11.7. The molecule has 0 bridgehead atoms. The summed E-state index contributed by atoms with van der Waals surface area (Å²) in [5.41, 5.74) is 2.40. The van der Waals surface area contributed by atoms with Gasteiger partial charge in [0.2, 0.25) is 0 Å². The van der Waals surface area contributed by atoms with Gasteiger partial charge in [-0.1, -0.05) is 26.0 Å². The van der Waals surface area contributed by atoms with Gasteiger partial charge in [0.25, 0.3) is 0 Å². The van der Waals surface area contributed by atoms with Crippen molar-refractivity contribution in [1.82, 2.24) is 5.32 Å². The van der Waals surface area contributed by atoms with Crippen molar-refractivity contribution in [2.45, 2.75) is 45.7 Å². The minimum atomic E-state index is -0.138. The first kappa shape index (κ1) is 17.5. The van der Waals surface area contributed by atoms with E-state index in [-0.39, 0.29) is 12.0 Å². The van der Waals surface area contributed by atoms with Crippen molar-refractivity contribution in [2.75, 3.05) is 25.6 Å². The maximum Gasteiger partial charge on any atom is 0.307 e. The van der Waals surface area contributed by atoms with Gasteiger partial charge in [-0.15, -0.1) is 0 Å². The molecule has 0 radical (unpaired) electrons. The van der Waals surface area contributed by atoms with E-state index in [4.69, 9.17) is 4.74 Å². The Kier molecular flexibility index (Phi) is 7.23. The molecule has 0 aliphatic heterocycles. The fourth-order valence-corrected chi connectivity index (χ4v) is 2.30. The van der Waals surface area contributed by atoms with E-state index in [1.165, 1.54) is 11.3 Å². The summed E-state index contributed by atoms with van der Waals surface area (Å²) in [4.78, 5) is 13.8. The summed E-state index contributed by atoms with van der Waals surface area (Å²) < 4.78 is 5.06. The van der Waals surface area contributed by atoms with Gasteiger partial charge in [0.05, 0.1) is 13.0 Å². The highest BCUT2D eigenvalue weighted by atomic mass is 16.5. The van der Waals surface area contributed by atoms with E-state index in [1.54, 1.807) is 0 Å². The van der Waals surface area contributed by atoms with Crippen LogP contribution in [-0.4, -0.2) is 38.8 Å². The van der Waals surface area contributed by atoms with Crippen LogP contribution in [0.4, 0.5) is 5.69 Å². The van der Waals surface area contributed by atoms with E-state index in [0.29, 0.717) is 19.1 Å². The van der Waals surface area contributed by atoms with E-state index in [9.17, 15) is 4.79 Å². The molecule has 1 aromatic carbocycles. The molecule has 0 aliphatic rings. The molecule has 0 fully saturated rings. The van der Waals surface area contributed by atoms with Gasteiger partial charge in [0.1, 0.15) is 0 Å². The number of nitrogens with one attached hydrogen (secondary N) is 1. The highest BCUT2D eigenvalue weighted by Gasteiger charge is 2.16. The molecule has 1 unspecified atom stereocenters. The SMILES string of the molecule is CCOC(=O)CC(Cc1ccc(N(C)C)cc1)NC(C)C. The van der Waals surface area contributed by atoms with E-state index in [2.05, 4.69) is 48.3 Å².